The molecule has 1 aromatic rings. The minimum Gasteiger partial charge on any atom is -0.0776 e. The molecule has 1 rings (SSSR count). The standard InChI is InChI=1S/C9H12.C4H10.2C2H6.2CH4.B/c1-8(2)9-6-4-3-5-7-9;1-4(2)3;2*1-2;;;/h3-8H,1-2H3;4H,1-3H3;2*1-2H3;2*1H4;. The molecule has 0 saturated carbocycles. The van der Waals surface area contributed by atoms with Crippen LogP contribution in [-0.2, 0) is 0 Å². The lowest BCUT2D eigenvalue weighted by Crippen LogP contribution is -1.83. The van der Waals surface area contributed by atoms with E-state index >= 15 is 0 Å². The molecule has 0 aliphatic carbocycles. The van der Waals surface area contributed by atoms with Crippen LogP contribution in [0.15, 0.2) is 30.3 Å². The molecule has 0 bridgehead atoms. The van der Waals surface area contributed by atoms with E-state index in [9.17, 15) is 0 Å². The highest BCUT2D eigenvalue weighted by Gasteiger charge is 1.93. The van der Waals surface area contributed by atoms with E-state index < -0.39 is 0 Å². The van der Waals surface area contributed by atoms with E-state index in [1.807, 2.05) is 33.8 Å². The average Bonchev–Trinajstić information content (AvgIpc) is 2.34. The van der Waals surface area contributed by atoms with Gasteiger partial charge in [-0.1, -0.05) is 107 Å². The molecule has 0 aromatic heterocycles. The van der Waals surface area contributed by atoms with Gasteiger partial charge in [-0.3, -0.25) is 0 Å². The molecule has 1 heteroatoms. The lowest BCUT2D eigenvalue weighted by Gasteiger charge is -2.01. The summed E-state index contributed by atoms with van der Waals surface area (Å²) in [5, 5.41) is 0. The average molecular weight is 281 g/mol. The van der Waals surface area contributed by atoms with Crippen LogP contribution < -0.4 is 0 Å². The van der Waals surface area contributed by atoms with Crippen LogP contribution >= 0.6 is 0 Å². The van der Waals surface area contributed by atoms with Gasteiger partial charge in [0.05, 0.1) is 0 Å². The second kappa shape index (κ2) is 31.0. The van der Waals surface area contributed by atoms with Crippen molar-refractivity contribution in [3.8, 4) is 0 Å². The SMILES string of the molecule is C.C.CC.CC.CC(C)C.CC(C)c1ccccc1.[B]. The number of rotatable bonds is 1. The van der Waals surface area contributed by atoms with Crippen molar-refractivity contribution in [1.29, 1.82) is 0 Å². The molecule has 0 aliphatic heterocycles. The molecule has 0 heterocycles. The summed E-state index contributed by atoms with van der Waals surface area (Å²) < 4.78 is 0. The van der Waals surface area contributed by atoms with Gasteiger partial charge in [-0.05, 0) is 17.4 Å². The lowest BCUT2D eigenvalue weighted by atomic mass is 10.0. The number of benzene rings is 1. The quantitative estimate of drug-likeness (QED) is 0.470. The second-order valence-electron chi connectivity index (χ2n) is 4.30. The molecule has 0 fully saturated rings. The Kier molecular flexibility index (Phi) is 56.5. The maximum Gasteiger partial charge on any atom is 0 e. The summed E-state index contributed by atoms with van der Waals surface area (Å²) >= 11 is 0. The highest BCUT2D eigenvalue weighted by Crippen LogP contribution is 2.11. The summed E-state index contributed by atoms with van der Waals surface area (Å²) in [6, 6.07) is 10.5. The van der Waals surface area contributed by atoms with Gasteiger partial charge in [0.25, 0.3) is 0 Å². The third-order valence-corrected chi connectivity index (χ3v) is 1.47. The summed E-state index contributed by atoms with van der Waals surface area (Å²) in [6.45, 7) is 18.9. The zero-order valence-electron chi connectivity index (χ0n) is 14.1. The summed E-state index contributed by atoms with van der Waals surface area (Å²) in [4.78, 5) is 0. The van der Waals surface area contributed by atoms with E-state index in [2.05, 4.69) is 58.9 Å². The third-order valence-electron chi connectivity index (χ3n) is 1.47. The first kappa shape index (κ1) is 36.5. The van der Waals surface area contributed by atoms with Crippen LogP contribution in [0.1, 0.15) is 88.6 Å². The zero-order valence-corrected chi connectivity index (χ0v) is 14.1. The zero-order chi connectivity index (χ0) is 14.3. The Morgan fingerprint density at radius 2 is 0.900 bits per heavy atom. The predicted octanol–water partition coefficient (Wildman–Crippen LogP) is 7.42. The smallest absolute Gasteiger partial charge is 0 e. The fourth-order valence-corrected chi connectivity index (χ4v) is 0.838. The van der Waals surface area contributed by atoms with Crippen LogP contribution in [0.2, 0.25) is 0 Å². The van der Waals surface area contributed by atoms with Gasteiger partial charge in [0, 0.05) is 8.41 Å². The predicted molar refractivity (Wildman–Crippen MR) is 103 cm³/mol. The number of hydrogen-bond acceptors (Lipinski definition) is 0. The van der Waals surface area contributed by atoms with E-state index in [1.165, 1.54) is 5.56 Å². The molecule has 0 N–H and O–H groups in total. The van der Waals surface area contributed by atoms with Crippen molar-refractivity contribution >= 4 is 8.41 Å². The molecule has 0 unspecified atom stereocenters. The first-order valence-electron chi connectivity index (χ1n) is 7.09. The number of hydrogen-bond donors (Lipinski definition) is 0. The first-order valence-corrected chi connectivity index (χ1v) is 7.09. The van der Waals surface area contributed by atoms with Crippen molar-refractivity contribution in [1.82, 2.24) is 0 Å². The van der Waals surface area contributed by atoms with Crippen molar-refractivity contribution in [2.45, 2.75) is 83.1 Å². The van der Waals surface area contributed by atoms with Crippen LogP contribution in [0.4, 0.5) is 0 Å². The van der Waals surface area contributed by atoms with Gasteiger partial charge in [0.1, 0.15) is 0 Å². The van der Waals surface area contributed by atoms with Crippen LogP contribution in [-0.4, -0.2) is 8.41 Å². The summed E-state index contributed by atoms with van der Waals surface area (Å²) in [7, 11) is 0. The Morgan fingerprint density at radius 3 is 1.05 bits per heavy atom. The monoisotopic (exact) mass is 281 g/mol. The van der Waals surface area contributed by atoms with E-state index in [-0.39, 0.29) is 23.3 Å². The van der Waals surface area contributed by atoms with Crippen LogP contribution in [0, 0.1) is 5.92 Å². The minimum absolute atomic E-state index is 0. The van der Waals surface area contributed by atoms with Gasteiger partial charge in [0.15, 0.2) is 0 Å². The van der Waals surface area contributed by atoms with Gasteiger partial charge < -0.3 is 0 Å². The van der Waals surface area contributed by atoms with Gasteiger partial charge in [-0.2, -0.15) is 0 Å². The normalized spacial score (nSPS) is 6.95. The lowest BCUT2D eigenvalue weighted by molar-refractivity contribution is 0.737. The van der Waals surface area contributed by atoms with Crippen LogP contribution in [0.25, 0.3) is 0 Å². The third kappa shape index (κ3) is 36.0. The summed E-state index contributed by atoms with van der Waals surface area (Å²) in [6.07, 6.45) is 0. The summed E-state index contributed by atoms with van der Waals surface area (Å²) in [5.41, 5.74) is 1.41. The van der Waals surface area contributed by atoms with Gasteiger partial charge in [-0.15, -0.1) is 0 Å². The van der Waals surface area contributed by atoms with Crippen LogP contribution in [0.3, 0.4) is 0 Å². The highest BCUT2D eigenvalue weighted by atomic mass is 14.0. The Hall–Kier alpha value is -0.715. The largest absolute Gasteiger partial charge is 0.0776 e. The second-order valence-corrected chi connectivity index (χ2v) is 4.30. The Balaban J connectivity index is -0.0000000391. The van der Waals surface area contributed by atoms with E-state index in [0.717, 1.165) is 5.92 Å². The molecule has 0 amide bonds. The molecule has 121 valence electrons. The van der Waals surface area contributed by atoms with Crippen molar-refractivity contribution in [2.75, 3.05) is 0 Å². The summed E-state index contributed by atoms with van der Waals surface area (Å²) in [5.74, 6) is 1.49. The van der Waals surface area contributed by atoms with Crippen LogP contribution in [0.5, 0.6) is 0 Å². The minimum atomic E-state index is 0. The van der Waals surface area contributed by atoms with E-state index in [4.69, 9.17) is 0 Å². The van der Waals surface area contributed by atoms with Gasteiger partial charge >= 0.3 is 0 Å². The molecule has 0 nitrogen and oxygen atoms in total. The molecular weight excluding hydrogens is 239 g/mol. The molecular formula is C19H42B. The topological polar surface area (TPSA) is 0 Å². The Morgan fingerprint density at radius 1 is 0.650 bits per heavy atom. The molecule has 20 heavy (non-hydrogen) atoms. The fraction of sp³-hybridized carbons (Fsp3) is 0.684. The van der Waals surface area contributed by atoms with Gasteiger partial charge in [-0.25, -0.2) is 0 Å². The van der Waals surface area contributed by atoms with E-state index in [1.54, 1.807) is 0 Å². The first-order chi connectivity index (χ1) is 8.04. The maximum absolute atomic E-state index is 2.20. The molecule has 0 spiro atoms. The van der Waals surface area contributed by atoms with Crippen molar-refractivity contribution < 1.29 is 0 Å². The van der Waals surface area contributed by atoms with Gasteiger partial charge in [0.2, 0.25) is 0 Å². The fourth-order valence-electron chi connectivity index (χ4n) is 0.838. The highest BCUT2D eigenvalue weighted by molar-refractivity contribution is 5.75. The Bertz CT molecular complexity index is 200. The van der Waals surface area contributed by atoms with Crippen molar-refractivity contribution in [3.05, 3.63) is 35.9 Å². The maximum atomic E-state index is 2.20. The van der Waals surface area contributed by atoms with Crippen molar-refractivity contribution in [2.24, 2.45) is 5.92 Å². The molecule has 1 aromatic carbocycles. The van der Waals surface area contributed by atoms with Crippen molar-refractivity contribution in [3.63, 3.8) is 0 Å². The van der Waals surface area contributed by atoms with E-state index in [0.29, 0.717) is 5.92 Å². The molecule has 3 radical (unpaired) electrons. The molecule has 0 aliphatic rings. The Labute approximate surface area is 134 Å². The molecule has 0 atom stereocenters. The molecule has 0 saturated heterocycles.